The maximum Gasteiger partial charge on any atom is 2.00 e. The van der Waals surface area contributed by atoms with Crippen LogP contribution in [0.15, 0.2) is 0 Å². The first-order valence-corrected chi connectivity index (χ1v) is 0. The molecule has 0 radical (unpaired) electrons. The fourth-order valence-corrected chi connectivity index (χ4v) is 0. The van der Waals surface area contributed by atoms with Gasteiger partial charge >= 0.3 is 26.2 Å². The third kappa shape index (κ3) is 1160. The zero-order chi connectivity index (χ0) is 0. The second-order valence-corrected chi connectivity index (χ2v) is 0. The molecule has 0 bridgehead atoms. The molecule has 9 heteroatoms. The smallest absolute Gasteiger partial charge is 0.412 e. The Labute approximate surface area is 70.5 Å². The second kappa shape index (κ2) is 1540. The number of hydrogen-bond acceptors (Lipinski definition) is 0. The molecule has 0 aliphatic rings. The van der Waals surface area contributed by atoms with Crippen molar-refractivity contribution < 1.29 is 70.0 Å². The van der Waals surface area contributed by atoms with Crippen LogP contribution in [0.1, 0.15) is 0 Å². The standard InChI is InChI=1S/8H2O.Zr/h8*1H2;/q;;;;;;;;+2. The van der Waals surface area contributed by atoms with E-state index in [0.717, 1.165) is 0 Å². The molecule has 0 atom stereocenters. The van der Waals surface area contributed by atoms with E-state index < -0.39 is 0 Å². The van der Waals surface area contributed by atoms with Gasteiger partial charge in [-0.1, -0.05) is 0 Å². The molecule has 0 fully saturated rings. The number of hydrogen-bond donors (Lipinski definition) is 0. The van der Waals surface area contributed by atoms with Crippen LogP contribution in [0.2, 0.25) is 0 Å². The SMILES string of the molecule is O.O.O.O.O.O.O.O.[Zr+2]. The second-order valence-electron chi connectivity index (χ2n) is 0. The Morgan fingerprint density at radius 3 is 0.222 bits per heavy atom. The molecule has 0 rings (SSSR count). The van der Waals surface area contributed by atoms with Gasteiger partial charge in [-0.25, -0.2) is 0 Å². The van der Waals surface area contributed by atoms with Crippen molar-refractivity contribution in [1.82, 2.24) is 0 Å². The summed E-state index contributed by atoms with van der Waals surface area (Å²) in [6.07, 6.45) is 0. The molecule has 0 saturated heterocycles. The van der Waals surface area contributed by atoms with E-state index in [0.29, 0.717) is 0 Å². The van der Waals surface area contributed by atoms with E-state index in [-0.39, 0.29) is 70.0 Å². The molecule has 0 aromatic rings. The molecule has 0 aliphatic carbocycles. The van der Waals surface area contributed by atoms with Gasteiger partial charge in [-0.3, -0.25) is 0 Å². The molecule has 0 spiro atoms. The third-order valence-corrected chi connectivity index (χ3v) is 0. The van der Waals surface area contributed by atoms with E-state index in [9.17, 15) is 0 Å². The third-order valence-electron chi connectivity index (χ3n) is 0. The molecule has 0 aliphatic heterocycles. The fourth-order valence-electron chi connectivity index (χ4n) is 0. The summed E-state index contributed by atoms with van der Waals surface area (Å²) in [5.74, 6) is 0. The molecule has 0 aromatic carbocycles. The monoisotopic (exact) mass is 234 g/mol. The van der Waals surface area contributed by atoms with Crippen molar-refractivity contribution in [1.29, 1.82) is 0 Å². The van der Waals surface area contributed by atoms with Crippen molar-refractivity contribution in [3.8, 4) is 0 Å². The topological polar surface area (TPSA) is 252 Å². The maximum atomic E-state index is 0. The van der Waals surface area contributed by atoms with E-state index in [1.54, 1.807) is 0 Å². The van der Waals surface area contributed by atoms with Crippen molar-refractivity contribution >= 4 is 0 Å². The van der Waals surface area contributed by atoms with Gasteiger partial charge in [0.2, 0.25) is 0 Å². The first-order chi connectivity index (χ1) is 0. The predicted molar refractivity (Wildman–Crippen MR) is 28.9 cm³/mol. The molecule has 66 valence electrons. The zero-order valence-electron chi connectivity index (χ0n) is 4.50. The molecule has 0 saturated carbocycles. The molecular weight excluding hydrogens is 219 g/mol. The summed E-state index contributed by atoms with van der Waals surface area (Å²) in [6, 6.07) is 0. The molecule has 16 N–H and O–H groups in total. The normalized spacial score (nSPS) is 0. The van der Waals surface area contributed by atoms with Crippen LogP contribution in [0.3, 0.4) is 0 Å². The van der Waals surface area contributed by atoms with Crippen LogP contribution in [0.25, 0.3) is 0 Å². The van der Waals surface area contributed by atoms with Crippen molar-refractivity contribution in [2.24, 2.45) is 0 Å². The Hall–Kier alpha value is 0.563. The van der Waals surface area contributed by atoms with Crippen LogP contribution in [-0.2, 0) is 26.2 Å². The van der Waals surface area contributed by atoms with Crippen LogP contribution in [-0.4, -0.2) is 43.8 Å². The average molecular weight is 235 g/mol. The Morgan fingerprint density at radius 1 is 0.222 bits per heavy atom. The van der Waals surface area contributed by atoms with Gasteiger partial charge in [0.1, 0.15) is 0 Å². The zero-order valence-corrected chi connectivity index (χ0v) is 6.96. The van der Waals surface area contributed by atoms with E-state index in [1.807, 2.05) is 0 Å². The van der Waals surface area contributed by atoms with Crippen LogP contribution in [0.4, 0.5) is 0 Å². The minimum Gasteiger partial charge on any atom is -0.412 e. The summed E-state index contributed by atoms with van der Waals surface area (Å²) in [5.41, 5.74) is 0. The van der Waals surface area contributed by atoms with Gasteiger partial charge in [-0.2, -0.15) is 0 Å². The molecule has 0 heterocycles. The maximum absolute atomic E-state index is 0. The molecular formula is H16O8Zr+2. The van der Waals surface area contributed by atoms with E-state index in [2.05, 4.69) is 0 Å². The van der Waals surface area contributed by atoms with Gasteiger partial charge in [0.15, 0.2) is 0 Å². The van der Waals surface area contributed by atoms with Crippen molar-refractivity contribution in [2.75, 3.05) is 0 Å². The Morgan fingerprint density at radius 2 is 0.222 bits per heavy atom. The predicted octanol–water partition coefficient (Wildman–Crippen LogP) is -6.60. The molecule has 8 nitrogen and oxygen atoms in total. The Kier molecular flexibility index (Phi) is 380000. The van der Waals surface area contributed by atoms with Gasteiger partial charge < -0.3 is 43.8 Å². The van der Waals surface area contributed by atoms with Crippen LogP contribution in [0, 0.1) is 0 Å². The van der Waals surface area contributed by atoms with Crippen molar-refractivity contribution in [2.45, 2.75) is 0 Å². The summed E-state index contributed by atoms with van der Waals surface area (Å²) in [4.78, 5) is 0. The van der Waals surface area contributed by atoms with Gasteiger partial charge in [0.25, 0.3) is 0 Å². The van der Waals surface area contributed by atoms with E-state index >= 15 is 0 Å². The van der Waals surface area contributed by atoms with Crippen LogP contribution >= 0.6 is 0 Å². The molecule has 0 unspecified atom stereocenters. The Balaban J connectivity index is 0. The van der Waals surface area contributed by atoms with Gasteiger partial charge in [0.05, 0.1) is 0 Å². The molecule has 0 amide bonds. The summed E-state index contributed by atoms with van der Waals surface area (Å²) in [6.45, 7) is 0. The first kappa shape index (κ1) is 2210. The summed E-state index contributed by atoms with van der Waals surface area (Å²) in [7, 11) is 0. The number of rotatable bonds is 0. The van der Waals surface area contributed by atoms with E-state index in [1.165, 1.54) is 0 Å². The average Bonchev–Trinajstić information content (AvgIpc) is 0. The summed E-state index contributed by atoms with van der Waals surface area (Å²) in [5, 5.41) is 0. The summed E-state index contributed by atoms with van der Waals surface area (Å²) >= 11 is 0. The van der Waals surface area contributed by atoms with Crippen molar-refractivity contribution in [3.63, 3.8) is 0 Å². The molecule has 9 heavy (non-hydrogen) atoms. The largest absolute Gasteiger partial charge is 2.00 e. The van der Waals surface area contributed by atoms with Crippen LogP contribution < -0.4 is 0 Å². The van der Waals surface area contributed by atoms with Gasteiger partial charge in [-0.05, 0) is 0 Å². The van der Waals surface area contributed by atoms with Gasteiger partial charge in [0, 0.05) is 0 Å². The quantitative estimate of drug-likeness (QED) is 0.379. The van der Waals surface area contributed by atoms with Crippen LogP contribution in [0.5, 0.6) is 0 Å². The van der Waals surface area contributed by atoms with E-state index in [4.69, 9.17) is 0 Å². The first-order valence-electron chi connectivity index (χ1n) is 0. The summed E-state index contributed by atoms with van der Waals surface area (Å²) < 4.78 is 0. The molecule has 0 aromatic heterocycles. The minimum absolute atomic E-state index is 0. The van der Waals surface area contributed by atoms with Crippen molar-refractivity contribution in [3.05, 3.63) is 0 Å². The fraction of sp³-hybridized carbons (Fsp3) is 0. The van der Waals surface area contributed by atoms with Gasteiger partial charge in [-0.15, -0.1) is 0 Å². The Bertz CT molecular complexity index is 4.53. The minimum atomic E-state index is 0.